The summed E-state index contributed by atoms with van der Waals surface area (Å²) in [7, 11) is 3.45. The smallest absolute Gasteiger partial charge is 0.235 e. The van der Waals surface area contributed by atoms with E-state index in [9.17, 15) is 4.79 Å². The maximum absolute atomic E-state index is 12.5. The van der Waals surface area contributed by atoms with Crippen LogP contribution in [0.5, 0.6) is 5.75 Å². The van der Waals surface area contributed by atoms with Gasteiger partial charge >= 0.3 is 0 Å². The number of carbonyl (C=O) groups excluding carboxylic acids is 1. The van der Waals surface area contributed by atoms with Crippen LogP contribution >= 0.6 is 11.8 Å². The van der Waals surface area contributed by atoms with Crippen molar-refractivity contribution in [3.8, 4) is 17.1 Å². The summed E-state index contributed by atoms with van der Waals surface area (Å²) in [5, 5.41) is 16.7. The van der Waals surface area contributed by atoms with Gasteiger partial charge in [0.15, 0.2) is 11.0 Å². The number of aryl methyl sites for hydroxylation is 3. The van der Waals surface area contributed by atoms with Crippen molar-refractivity contribution in [2.45, 2.75) is 25.0 Å². The molecule has 0 fully saturated rings. The Bertz CT molecular complexity index is 1220. The number of rotatable bonds is 9. The lowest BCUT2D eigenvalue weighted by molar-refractivity contribution is -0.113. The van der Waals surface area contributed by atoms with Crippen molar-refractivity contribution < 1.29 is 9.53 Å². The number of hydrogen-bond acceptors (Lipinski definition) is 6. The Morgan fingerprint density at radius 2 is 1.85 bits per heavy atom. The highest BCUT2D eigenvalue weighted by molar-refractivity contribution is 7.99. The van der Waals surface area contributed by atoms with Gasteiger partial charge in [0.25, 0.3) is 0 Å². The van der Waals surface area contributed by atoms with Crippen LogP contribution in [0.4, 0.5) is 5.82 Å². The van der Waals surface area contributed by atoms with Gasteiger partial charge in [-0.15, -0.1) is 10.2 Å². The Labute approximate surface area is 197 Å². The molecule has 170 valence electrons. The molecule has 0 radical (unpaired) electrons. The Morgan fingerprint density at radius 1 is 1.09 bits per heavy atom. The molecule has 2 aromatic heterocycles. The average Bonchev–Trinajstić information content (AvgIpc) is 3.38. The highest BCUT2D eigenvalue weighted by Crippen LogP contribution is 2.26. The Balaban J connectivity index is 1.52. The maximum atomic E-state index is 12.5. The van der Waals surface area contributed by atoms with Gasteiger partial charge in [-0.1, -0.05) is 42.1 Å². The van der Waals surface area contributed by atoms with Gasteiger partial charge in [0.2, 0.25) is 5.91 Å². The van der Waals surface area contributed by atoms with Crippen LogP contribution < -0.4 is 10.1 Å². The van der Waals surface area contributed by atoms with E-state index in [1.165, 1.54) is 17.3 Å². The fourth-order valence-electron chi connectivity index (χ4n) is 3.47. The number of amides is 1. The molecule has 8 nitrogen and oxygen atoms in total. The monoisotopic (exact) mass is 462 g/mol. The molecule has 33 heavy (non-hydrogen) atoms. The Morgan fingerprint density at radius 3 is 2.52 bits per heavy atom. The van der Waals surface area contributed by atoms with Crippen LogP contribution in [-0.4, -0.2) is 43.3 Å². The van der Waals surface area contributed by atoms with Gasteiger partial charge in [0.05, 0.1) is 18.6 Å². The Kier molecular flexibility index (Phi) is 7.09. The van der Waals surface area contributed by atoms with Crippen molar-refractivity contribution in [1.82, 2.24) is 24.5 Å². The number of carbonyl (C=O) groups is 1. The lowest BCUT2D eigenvalue weighted by atomic mass is 10.1. The summed E-state index contributed by atoms with van der Waals surface area (Å²) in [5.74, 6) is 2.31. The van der Waals surface area contributed by atoms with Crippen molar-refractivity contribution in [3.63, 3.8) is 0 Å². The lowest BCUT2D eigenvalue weighted by Crippen LogP contribution is -2.17. The van der Waals surface area contributed by atoms with Crippen LogP contribution in [0.1, 0.15) is 11.3 Å². The first-order valence-corrected chi connectivity index (χ1v) is 11.6. The number of hydrogen-bond donors (Lipinski definition) is 1. The highest BCUT2D eigenvalue weighted by Gasteiger charge is 2.17. The van der Waals surface area contributed by atoms with Crippen LogP contribution in [0.2, 0.25) is 0 Å². The van der Waals surface area contributed by atoms with Gasteiger partial charge in [-0.05, 0) is 43.2 Å². The van der Waals surface area contributed by atoms with E-state index in [1.54, 1.807) is 18.8 Å². The van der Waals surface area contributed by atoms with E-state index in [0.29, 0.717) is 17.5 Å². The lowest BCUT2D eigenvalue weighted by Gasteiger charge is -2.11. The number of ether oxygens (including phenoxy) is 1. The first-order chi connectivity index (χ1) is 16.0. The number of aromatic nitrogens is 5. The first-order valence-electron chi connectivity index (χ1n) is 10.6. The second kappa shape index (κ2) is 10.4. The standard InChI is InChI=1S/C24H26N6O2S/c1-17-15-21(29(2)28-17)25-22(31)16-33-24-27-26-23(19-9-11-20(32-3)12-10-19)30(24)14-13-18-7-5-4-6-8-18/h4-12,15H,13-14,16H2,1-3H3,(H,25,31). The minimum absolute atomic E-state index is 0.119. The number of thioether (sulfide) groups is 1. The minimum atomic E-state index is -0.119. The van der Waals surface area contributed by atoms with E-state index < -0.39 is 0 Å². The number of anilines is 1. The molecule has 0 aliphatic carbocycles. The molecule has 0 unspecified atom stereocenters. The van der Waals surface area contributed by atoms with Crippen LogP contribution in [0.25, 0.3) is 11.4 Å². The molecule has 4 aromatic rings. The molecule has 9 heteroatoms. The summed E-state index contributed by atoms with van der Waals surface area (Å²) in [6, 6.07) is 19.9. The van der Waals surface area contributed by atoms with Crippen LogP contribution in [-0.2, 0) is 24.8 Å². The number of benzene rings is 2. The quantitative estimate of drug-likeness (QED) is 0.379. The van der Waals surface area contributed by atoms with E-state index in [0.717, 1.165) is 29.3 Å². The fraction of sp³-hybridized carbons (Fsp3) is 0.250. The molecule has 0 saturated heterocycles. The summed E-state index contributed by atoms with van der Waals surface area (Å²) in [6.07, 6.45) is 0.829. The van der Waals surface area contributed by atoms with E-state index in [4.69, 9.17) is 4.74 Å². The fourth-order valence-corrected chi connectivity index (χ4v) is 4.24. The second-order valence-electron chi connectivity index (χ2n) is 7.55. The molecule has 2 aromatic carbocycles. The van der Waals surface area contributed by atoms with E-state index in [1.807, 2.05) is 55.5 Å². The highest BCUT2D eigenvalue weighted by atomic mass is 32.2. The summed E-state index contributed by atoms with van der Waals surface area (Å²) in [5.41, 5.74) is 3.02. The third-order valence-electron chi connectivity index (χ3n) is 5.13. The Hall–Kier alpha value is -3.59. The van der Waals surface area contributed by atoms with Crippen LogP contribution in [0.3, 0.4) is 0 Å². The van der Waals surface area contributed by atoms with Gasteiger partial charge in [-0.2, -0.15) is 5.10 Å². The van der Waals surface area contributed by atoms with Gasteiger partial charge in [-0.3, -0.25) is 9.48 Å². The number of nitrogens with zero attached hydrogens (tertiary/aromatic N) is 5. The molecule has 1 amide bonds. The van der Waals surface area contributed by atoms with E-state index in [-0.39, 0.29) is 11.7 Å². The van der Waals surface area contributed by atoms with E-state index >= 15 is 0 Å². The van der Waals surface area contributed by atoms with E-state index in [2.05, 4.69) is 37.3 Å². The topological polar surface area (TPSA) is 86.9 Å². The molecule has 4 rings (SSSR count). The summed E-state index contributed by atoms with van der Waals surface area (Å²) in [6.45, 7) is 2.59. The van der Waals surface area contributed by atoms with Gasteiger partial charge < -0.3 is 14.6 Å². The summed E-state index contributed by atoms with van der Waals surface area (Å²) in [4.78, 5) is 12.5. The zero-order valence-corrected chi connectivity index (χ0v) is 19.7. The molecule has 0 saturated carbocycles. The molecular weight excluding hydrogens is 436 g/mol. The van der Waals surface area contributed by atoms with Gasteiger partial charge in [0.1, 0.15) is 11.6 Å². The third kappa shape index (κ3) is 5.61. The van der Waals surface area contributed by atoms with Crippen molar-refractivity contribution in [3.05, 3.63) is 71.9 Å². The van der Waals surface area contributed by atoms with Crippen LogP contribution in [0, 0.1) is 6.92 Å². The largest absolute Gasteiger partial charge is 0.497 e. The molecule has 0 bridgehead atoms. The van der Waals surface area contributed by atoms with Crippen molar-refractivity contribution in [2.75, 3.05) is 18.2 Å². The molecule has 1 N–H and O–H groups in total. The molecule has 0 atom stereocenters. The molecule has 0 aliphatic heterocycles. The van der Waals surface area contributed by atoms with Crippen molar-refractivity contribution >= 4 is 23.5 Å². The van der Waals surface area contributed by atoms with Crippen molar-refractivity contribution in [1.29, 1.82) is 0 Å². The van der Waals surface area contributed by atoms with Crippen molar-refractivity contribution in [2.24, 2.45) is 7.05 Å². The SMILES string of the molecule is COc1ccc(-c2nnc(SCC(=O)Nc3cc(C)nn3C)n2CCc2ccccc2)cc1. The summed E-state index contributed by atoms with van der Waals surface area (Å²) < 4.78 is 9.00. The molecule has 0 spiro atoms. The minimum Gasteiger partial charge on any atom is -0.497 e. The second-order valence-corrected chi connectivity index (χ2v) is 8.50. The predicted octanol–water partition coefficient (Wildman–Crippen LogP) is 3.97. The summed E-state index contributed by atoms with van der Waals surface area (Å²) >= 11 is 1.37. The molecular formula is C24H26N6O2S. The van der Waals surface area contributed by atoms with Crippen LogP contribution in [0.15, 0.2) is 65.8 Å². The normalized spacial score (nSPS) is 10.9. The molecule has 0 aliphatic rings. The number of methoxy groups -OCH3 is 1. The maximum Gasteiger partial charge on any atom is 0.235 e. The van der Waals surface area contributed by atoms with Gasteiger partial charge in [0, 0.05) is 25.2 Å². The predicted molar refractivity (Wildman–Crippen MR) is 129 cm³/mol. The first kappa shape index (κ1) is 22.6. The zero-order valence-electron chi connectivity index (χ0n) is 18.9. The number of nitrogens with one attached hydrogen (secondary N) is 1. The zero-order chi connectivity index (χ0) is 23.2. The van der Waals surface area contributed by atoms with Gasteiger partial charge in [-0.25, -0.2) is 0 Å². The molecule has 2 heterocycles. The average molecular weight is 463 g/mol. The third-order valence-corrected chi connectivity index (χ3v) is 6.10.